The zero-order chi connectivity index (χ0) is 23.8. The number of thiocarbonyl (C=S) groups is 1. The van der Waals surface area contributed by atoms with Gasteiger partial charge in [-0.15, -0.1) is 11.8 Å². The van der Waals surface area contributed by atoms with Crippen LogP contribution in [0.4, 0.5) is 17.1 Å². The summed E-state index contributed by atoms with van der Waals surface area (Å²) in [5.41, 5.74) is 3.45. The minimum atomic E-state index is -0.422. The Morgan fingerprint density at radius 3 is 2.00 bits per heavy atom. The summed E-state index contributed by atoms with van der Waals surface area (Å²) in [6.07, 6.45) is 0. The fourth-order valence-corrected chi connectivity index (χ4v) is 4.82. The van der Waals surface area contributed by atoms with Crippen molar-refractivity contribution in [2.24, 2.45) is 0 Å². The van der Waals surface area contributed by atoms with Gasteiger partial charge in [0.1, 0.15) is 5.25 Å². The number of hydrogen-bond acceptors (Lipinski definition) is 3. The van der Waals surface area contributed by atoms with Crippen molar-refractivity contribution < 1.29 is 4.79 Å². The highest BCUT2D eigenvalue weighted by Crippen LogP contribution is 2.37. The first kappa shape index (κ1) is 24.0. The second-order valence-corrected chi connectivity index (χ2v) is 9.88. The number of rotatable bonds is 7. The average molecular weight is 549 g/mol. The summed E-state index contributed by atoms with van der Waals surface area (Å²) in [4.78, 5) is 14.2. The van der Waals surface area contributed by atoms with Crippen molar-refractivity contribution in [1.82, 2.24) is 0 Å². The number of para-hydroxylation sites is 1. The maximum Gasteiger partial charge on any atom is 0.242 e. The first-order valence-corrected chi connectivity index (χ1v) is 12.7. The third-order valence-electron chi connectivity index (χ3n) is 4.83. The first-order chi connectivity index (χ1) is 16.6. The normalized spacial score (nSPS) is 11.3. The molecule has 3 N–H and O–H groups in total. The van der Waals surface area contributed by atoms with Crippen LogP contribution in [-0.4, -0.2) is 11.0 Å². The van der Waals surface area contributed by atoms with Crippen LogP contribution in [0.15, 0.2) is 119 Å². The Balaban J connectivity index is 1.49. The molecule has 0 aliphatic rings. The molecule has 1 amide bonds. The molecule has 0 fully saturated rings. The van der Waals surface area contributed by atoms with Gasteiger partial charge in [-0.25, -0.2) is 0 Å². The van der Waals surface area contributed by atoms with E-state index in [0.29, 0.717) is 5.11 Å². The van der Waals surface area contributed by atoms with E-state index < -0.39 is 5.25 Å². The Morgan fingerprint density at radius 1 is 0.706 bits per heavy atom. The van der Waals surface area contributed by atoms with Gasteiger partial charge in [-0.1, -0.05) is 70.5 Å². The predicted molar refractivity (Wildman–Crippen MR) is 151 cm³/mol. The Morgan fingerprint density at radius 2 is 1.29 bits per heavy atom. The van der Waals surface area contributed by atoms with Crippen LogP contribution in [0.2, 0.25) is 0 Å². The molecule has 0 saturated carbocycles. The lowest BCUT2D eigenvalue weighted by molar-refractivity contribution is -0.115. The van der Waals surface area contributed by atoms with Crippen LogP contribution >= 0.6 is 39.9 Å². The van der Waals surface area contributed by atoms with Gasteiger partial charge in [0.25, 0.3) is 0 Å². The minimum absolute atomic E-state index is 0.0850. The molecule has 4 aromatic rings. The number of thioether (sulfide) groups is 1. The van der Waals surface area contributed by atoms with Crippen LogP contribution in [0.1, 0.15) is 10.8 Å². The van der Waals surface area contributed by atoms with E-state index in [0.717, 1.165) is 32.0 Å². The lowest BCUT2D eigenvalue weighted by Crippen LogP contribution is -2.19. The average Bonchev–Trinajstić information content (AvgIpc) is 2.85. The van der Waals surface area contributed by atoms with Gasteiger partial charge in [0, 0.05) is 26.4 Å². The number of amides is 1. The van der Waals surface area contributed by atoms with E-state index >= 15 is 0 Å². The molecule has 1 unspecified atom stereocenters. The molecule has 4 aromatic carbocycles. The molecule has 1 atom stereocenters. The third-order valence-corrected chi connectivity index (χ3v) is 6.81. The molecule has 0 aliphatic heterocycles. The largest absolute Gasteiger partial charge is 0.332 e. The fourth-order valence-electron chi connectivity index (χ4n) is 3.24. The second-order valence-electron chi connectivity index (χ2n) is 7.38. The highest BCUT2D eigenvalue weighted by Gasteiger charge is 2.22. The van der Waals surface area contributed by atoms with Crippen LogP contribution in [-0.2, 0) is 4.79 Å². The van der Waals surface area contributed by atoms with Gasteiger partial charge in [0.15, 0.2) is 5.11 Å². The van der Waals surface area contributed by atoms with E-state index in [1.165, 1.54) is 11.8 Å². The highest BCUT2D eigenvalue weighted by atomic mass is 79.9. The van der Waals surface area contributed by atoms with E-state index in [4.69, 9.17) is 12.2 Å². The maximum atomic E-state index is 13.3. The summed E-state index contributed by atoms with van der Waals surface area (Å²) in [6, 6.07) is 35.0. The first-order valence-electron chi connectivity index (χ1n) is 10.6. The maximum absolute atomic E-state index is 13.3. The minimum Gasteiger partial charge on any atom is -0.332 e. The van der Waals surface area contributed by atoms with Gasteiger partial charge in [-0.3, -0.25) is 4.79 Å². The molecule has 0 spiro atoms. The zero-order valence-electron chi connectivity index (χ0n) is 18.1. The van der Waals surface area contributed by atoms with E-state index in [-0.39, 0.29) is 5.91 Å². The topological polar surface area (TPSA) is 53.2 Å². The standard InChI is InChI=1S/C27H22BrN3OS2/c28-20-14-16-22(17-15-20)29-26(32)25(19-8-3-1-4-9-19)34-24-13-7-12-23(18-24)31-27(33)30-21-10-5-2-6-11-21/h1-18,25H,(H,29,32)(H2,30,31,33). The summed E-state index contributed by atoms with van der Waals surface area (Å²) < 4.78 is 0.962. The number of carbonyl (C=O) groups is 1. The summed E-state index contributed by atoms with van der Waals surface area (Å²) in [5.74, 6) is -0.0850. The van der Waals surface area contributed by atoms with Gasteiger partial charge < -0.3 is 16.0 Å². The Hall–Kier alpha value is -3.13. The molecule has 34 heavy (non-hydrogen) atoms. The summed E-state index contributed by atoms with van der Waals surface area (Å²) in [6.45, 7) is 0. The van der Waals surface area contributed by atoms with Crippen molar-refractivity contribution in [3.05, 3.63) is 119 Å². The molecule has 0 saturated heterocycles. The Bertz CT molecular complexity index is 1250. The van der Waals surface area contributed by atoms with E-state index in [2.05, 4.69) is 31.9 Å². The molecule has 0 aromatic heterocycles. The Kier molecular flexibility index (Phi) is 8.36. The molecular formula is C27H22BrN3OS2. The summed E-state index contributed by atoms with van der Waals surface area (Å²) >= 11 is 10.4. The lowest BCUT2D eigenvalue weighted by Gasteiger charge is -2.18. The zero-order valence-corrected chi connectivity index (χ0v) is 21.3. The molecule has 0 bridgehead atoms. The van der Waals surface area contributed by atoms with Gasteiger partial charge in [0.2, 0.25) is 5.91 Å². The van der Waals surface area contributed by atoms with Crippen LogP contribution in [0.25, 0.3) is 0 Å². The Labute approximate surface area is 217 Å². The third kappa shape index (κ3) is 6.93. The number of anilines is 3. The number of halogens is 1. The van der Waals surface area contributed by atoms with Crippen molar-refractivity contribution in [3.8, 4) is 0 Å². The van der Waals surface area contributed by atoms with Crippen LogP contribution in [0.3, 0.4) is 0 Å². The van der Waals surface area contributed by atoms with Gasteiger partial charge in [-0.2, -0.15) is 0 Å². The SMILES string of the molecule is O=C(Nc1ccc(Br)cc1)C(Sc1cccc(NC(=S)Nc2ccccc2)c1)c1ccccc1. The van der Waals surface area contributed by atoms with Gasteiger partial charge in [-0.05, 0) is 72.4 Å². The van der Waals surface area contributed by atoms with Crippen molar-refractivity contribution in [3.63, 3.8) is 0 Å². The molecule has 0 radical (unpaired) electrons. The van der Waals surface area contributed by atoms with Crippen molar-refractivity contribution >= 4 is 68.0 Å². The molecule has 0 heterocycles. The molecule has 4 nitrogen and oxygen atoms in total. The summed E-state index contributed by atoms with van der Waals surface area (Å²) in [5, 5.41) is 9.51. The highest BCUT2D eigenvalue weighted by molar-refractivity contribution is 9.10. The van der Waals surface area contributed by atoms with E-state index in [1.807, 2.05) is 109 Å². The quantitative estimate of drug-likeness (QED) is 0.163. The monoisotopic (exact) mass is 547 g/mol. The van der Waals surface area contributed by atoms with Gasteiger partial charge in [0.05, 0.1) is 0 Å². The number of hydrogen-bond donors (Lipinski definition) is 3. The molecule has 170 valence electrons. The van der Waals surface area contributed by atoms with E-state index in [9.17, 15) is 4.79 Å². The lowest BCUT2D eigenvalue weighted by atomic mass is 10.1. The molecule has 4 rings (SSSR count). The van der Waals surface area contributed by atoms with Crippen molar-refractivity contribution in [2.45, 2.75) is 10.1 Å². The van der Waals surface area contributed by atoms with Crippen LogP contribution < -0.4 is 16.0 Å². The molecule has 7 heteroatoms. The number of benzene rings is 4. The summed E-state index contributed by atoms with van der Waals surface area (Å²) in [7, 11) is 0. The fraction of sp³-hybridized carbons (Fsp3) is 0.0370. The molecular weight excluding hydrogens is 526 g/mol. The van der Waals surface area contributed by atoms with Crippen LogP contribution in [0.5, 0.6) is 0 Å². The number of carbonyl (C=O) groups excluding carboxylic acids is 1. The van der Waals surface area contributed by atoms with Crippen LogP contribution in [0, 0.1) is 0 Å². The number of nitrogens with one attached hydrogen (secondary N) is 3. The van der Waals surface area contributed by atoms with Gasteiger partial charge >= 0.3 is 0 Å². The van der Waals surface area contributed by atoms with Crippen molar-refractivity contribution in [1.29, 1.82) is 0 Å². The molecule has 0 aliphatic carbocycles. The predicted octanol–water partition coefficient (Wildman–Crippen LogP) is 7.73. The van der Waals surface area contributed by atoms with E-state index in [1.54, 1.807) is 0 Å². The smallest absolute Gasteiger partial charge is 0.242 e. The van der Waals surface area contributed by atoms with Crippen molar-refractivity contribution in [2.75, 3.05) is 16.0 Å². The second kappa shape index (κ2) is 11.8.